The molecule has 0 atom stereocenters. The van der Waals surface area contributed by atoms with Crippen LogP contribution in [0.3, 0.4) is 0 Å². The molecule has 0 aliphatic rings. The van der Waals surface area contributed by atoms with Crippen molar-refractivity contribution < 1.29 is 13.9 Å². The van der Waals surface area contributed by atoms with Gasteiger partial charge in [-0.3, -0.25) is 4.79 Å². The van der Waals surface area contributed by atoms with Gasteiger partial charge in [0.2, 0.25) is 0 Å². The Kier molecular flexibility index (Phi) is 3.71. The molecule has 0 saturated heterocycles. The van der Waals surface area contributed by atoms with Crippen molar-refractivity contribution in [3.05, 3.63) is 51.9 Å². The average Bonchev–Trinajstić information content (AvgIpc) is 2.76. The SMILES string of the molecule is O=Cc1ccc(COc2c(Cl)cccc2Cl)o1. The van der Waals surface area contributed by atoms with Crippen LogP contribution < -0.4 is 4.74 Å². The summed E-state index contributed by atoms with van der Waals surface area (Å²) in [6.45, 7) is 0.164. The first-order valence-corrected chi connectivity index (χ1v) is 5.57. The summed E-state index contributed by atoms with van der Waals surface area (Å²) >= 11 is 11.9. The minimum absolute atomic E-state index is 0.164. The van der Waals surface area contributed by atoms with E-state index in [9.17, 15) is 4.79 Å². The third-order valence-electron chi connectivity index (χ3n) is 2.08. The van der Waals surface area contributed by atoms with Gasteiger partial charge in [-0.05, 0) is 24.3 Å². The summed E-state index contributed by atoms with van der Waals surface area (Å²) in [5.41, 5.74) is 0. The molecule has 0 bridgehead atoms. The predicted octanol–water partition coefficient (Wildman–Crippen LogP) is 3.98. The summed E-state index contributed by atoms with van der Waals surface area (Å²) in [5, 5.41) is 0.860. The molecular formula is C12H8Cl2O3. The van der Waals surface area contributed by atoms with Gasteiger partial charge in [0.1, 0.15) is 12.4 Å². The third kappa shape index (κ3) is 2.81. The molecule has 0 saturated carbocycles. The van der Waals surface area contributed by atoms with Gasteiger partial charge in [0.15, 0.2) is 17.8 Å². The van der Waals surface area contributed by atoms with E-state index in [0.29, 0.717) is 27.8 Å². The van der Waals surface area contributed by atoms with Crippen molar-refractivity contribution in [2.45, 2.75) is 6.61 Å². The van der Waals surface area contributed by atoms with E-state index in [1.54, 1.807) is 30.3 Å². The molecule has 1 aromatic heterocycles. The zero-order chi connectivity index (χ0) is 12.3. The van der Waals surface area contributed by atoms with E-state index < -0.39 is 0 Å². The number of para-hydroxylation sites is 1. The molecule has 17 heavy (non-hydrogen) atoms. The molecule has 0 spiro atoms. The van der Waals surface area contributed by atoms with Crippen molar-refractivity contribution in [2.75, 3.05) is 0 Å². The Morgan fingerprint density at radius 2 is 1.88 bits per heavy atom. The van der Waals surface area contributed by atoms with Crippen LogP contribution in [-0.2, 0) is 6.61 Å². The van der Waals surface area contributed by atoms with Gasteiger partial charge >= 0.3 is 0 Å². The first-order chi connectivity index (χ1) is 8.20. The highest BCUT2D eigenvalue weighted by Crippen LogP contribution is 2.32. The number of hydrogen-bond acceptors (Lipinski definition) is 3. The van der Waals surface area contributed by atoms with Gasteiger partial charge in [0.25, 0.3) is 0 Å². The van der Waals surface area contributed by atoms with Crippen LogP contribution in [0.4, 0.5) is 0 Å². The molecule has 0 N–H and O–H groups in total. The van der Waals surface area contributed by atoms with E-state index in [2.05, 4.69) is 0 Å². The maximum Gasteiger partial charge on any atom is 0.185 e. The molecule has 0 aliphatic heterocycles. The number of carbonyl (C=O) groups excluding carboxylic acids is 1. The van der Waals surface area contributed by atoms with Gasteiger partial charge in [-0.15, -0.1) is 0 Å². The Labute approximate surface area is 108 Å². The number of benzene rings is 1. The van der Waals surface area contributed by atoms with E-state index >= 15 is 0 Å². The van der Waals surface area contributed by atoms with Crippen molar-refractivity contribution in [1.82, 2.24) is 0 Å². The zero-order valence-electron chi connectivity index (χ0n) is 8.65. The number of halogens is 2. The molecule has 2 aromatic rings. The lowest BCUT2D eigenvalue weighted by Gasteiger charge is -2.07. The first kappa shape index (κ1) is 12.0. The Bertz CT molecular complexity index is 514. The smallest absolute Gasteiger partial charge is 0.185 e. The van der Waals surface area contributed by atoms with Crippen LogP contribution >= 0.6 is 23.2 Å². The Hall–Kier alpha value is -1.45. The van der Waals surface area contributed by atoms with E-state index in [4.69, 9.17) is 32.4 Å². The lowest BCUT2D eigenvalue weighted by molar-refractivity contribution is 0.109. The number of furan rings is 1. The maximum atomic E-state index is 10.4. The largest absolute Gasteiger partial charge is 0.483 e. The van der Waals surface area contributed by atoms with Crippen molar-refractivity contribution >= 4 is 29.5 Å². The van der Waals surface area contributed by atoms with Crippen molar-refractivity contribution in [1.29, 1.82) is 0 Å². The minimum atomic E-state index is 0.164. The standard InChI is InChI=1S/C12H8Cl2O3/c13-10-2-1-3-11(14)12(10)16-7-9-5-4-8(6-15)17-9/h1-6H,7H2. The summed E-state index contributed by atoms with van der Waals surface area (Å²) in [5.74, 6) is 1.19. The fourth-order valence-corrected chi connectivity index (χ4v) is 1.81. The van der Waals surface area contributed by atoms with E-state index in [1.807, 2.05) is 0 Å². The predicted molar refractivity (Wildman–Crippen MR) is 64.9 cm³/mol. The van der Waals surface area contributed by atoms with Gasteiger partial charge in [0.05, 0.1) is 10.0 Å². The van der Waals surface area contributed by atoms with Crippen LogP contribution in [0, 0.1) is 0 Å². The van der Waals surface area contributed by atoms with Crippen LogP contribution in [0.15, 0.2) is 34.7 Å². The molecule has 1 heterocycles. The molecule has 0 aliphatic carbocycles. The van der Waals surface area contributed by atoms with Gasteiger partial charge in [0, 0.05) is 0 Å². The second-order valence-electron chi connectivity index (χ2n) is 3.26. The van der Waals surface area contributed by atoms with Crippen molar-refractivity contribution in [2.24, 2.45) is 0 Å². The highest BCUT2D eigenvalue weighted by atomic mass is 35.5. The van der Waals surface area contributed by atoms with Gasteiger partial charge < -0.3 is 9.15 Å². The van der Waals surface area contributed by atoms with Crippen LogP contribution in [0.2, 0.25) is 10.0 Å². The summed E-state index contributed by atoms with van der Waals surface area (Å²) in [6, 6.07) is 8.33. The number of carbonyl (C=O) groups is 1. The minimum Gasteiger partial charge on any atom is -0.483 e. The first-order valence-electron chi connectivity index (χ1n) is 4.81. The molecule has 0 fully saturated rings. The summed E-state index contributed by atoms with van der Waals surface area (Å²) < 4.78 is 10.6. The molecule has 1 aromatic carbocycles. The molecule has 0 unspecified atom stereocenters. The Morgan fingerprint density at radius 3 is 2.47 bits per heavy atom. The maximum absolute atomic E-state index is 10.4. The molecule has 0 radical (unpaired) electrons. The second kappa shape index (κ2) is 5.25. The zero-order valence-corrected chi connectivity index (χ0v) is 10.2. The molecule has 3 nitrogen and oxygen atoms in total. The highest BCUT2D eigenvalue weighted by Gasteiger charge is 2.08. The van der Waals surface area contributed by atoms with Gasteiger partial charge in [-0.1, -0.05) is 29.3 Å². The summed E-state index contributed by atoms with van der Waals surface area (Å²) in [6.07, 6.45) is 0.631. The second-order valence-corrected chi connectivity index (χ2v) is 4.08. The normalized spacial score (nSPS) is 10.2. The van der Waals surface area contributed by atoms with Gasteiger partial charge in [-0.25, -0.2) is 0 Å². The van der Waals surface area contributed by atoms with E-state index in [0.717, 1.165) is 0 Å². The fraction of sp³-hybridized carbons (Fsp3) is 0.0833. The lowest BCUT2D eigenvalue weighted by Crippen LogP contribution is -1.95. The van der Waals surface area contributed by atoms with E-state index in [-0.39, 0.29) is 12.4 Å². The molecular weight excluding hydrogens is 263 g/mol. The number of ether oxygens (including phenoxy) is 1. The Morgan fingerprint density at radius 1 is 1.18 bits per heavy atom. The third-order valence-corrected chi connectivity index (χ3v) is 2.67. The monoisotopic (exact) mass is 270 g/mol. The lowest BCUT2D eigenvalue weighted by atomic mass is 10.3. The molecule has 0 amide bonds. The summed E-state index contributed by atoms with van der Waals surface area (Å²) in [7, 11) is 0. The van der Waals surface area contributed by atoms with Gasteiger partial charge in [-0.2, -0.15) is 0 Å². The number of hydrogen-bond donors (Lipinski definition) is 0. The van der Waals surface area contributed by atoms with Crippen LogP contribution in [0.1, 0.15) is 16.3 Å². The number of aldehydes is 1. The quantitative estimate of drug-likeness (QED) is 0.789. The molecule has 2 rings (SSSR count). The topological polar surface area (TPSA) is 39.4 Å². The summed E-state index contributed by atoms with van der Waals surface area (Å²) in [4.78, 5) is 10.4. The van der Waals surface area contributed by atoms with Crippen molar-refractivity contribution in [3.8, 4) is 5.75 Å². The fourth-order valence-electron chi connectivity index (χ4n) is 1.30. The Balaban J connectivity index is 2.09. The van der Waals surface area contributed by atoms with Crippen LogP contribution in [-0.4, -0.2) is 6.29 Å². The van der Waals surface area contributed by atoms with E-state index in [1.165, 1.54) is 0 Å². The molecule has 88 valence electrons. The highest BCUT2D eigenvalue weighted by molar-refractivity contribution is 6.37. The average molecular weight is 271 g/mol. The molecule has 5 heteroatoms. The van der Waals surface area contributed by atoms with Crippen LogP contribution in [0.25, 0.3) is 0 Å². The van der Waals surface area contributed by atoms with Crippen molar-refractivity contribution in [3.63, 3.8) is 0 Å². The van der Waals surface area contributed by atoms with Crippen LogP contribution in [0.5, 0.6) is 5.75 Å². The number of rotatable bonds is 4.